The highest BCUT2D eigenvalue weighted by Gasteiger charge is 1.88. The molecule has 1 aliphatic rings. The number of rotatable bonds is 0. The van der Waals surface area contributed by atoms with E-state index < -0.39 is 0 Å². The second kappa shape index (κ2) is 25.8. The summed E-state index contributed by atoms with van der Waals surface area (Å²) in [7, 11) is 13.1. The normalized spacial score (nSPS) is 10.0. The van der Waals surface area contributed by atoms with Gasteiger partial charge in [-0.15, -0.1) is 20.4 Å². The summed E-state index contributed by atoms with van der Waals surface area (Å²) in [5.41, 5.74) is 0. The van der Waals surface area contributed by atoms with Gasteiger partial charge in [0.2, 0.25) is 0 Å². The van der Waals surface area contributed by atoms with Crippen LogP contribution in [0.2, 0.25) is 0 Å². The molecule has 1 aliphatic heterocycles. The fourth-order valence-electron chi connectivity index (χ4n) is 2.46. The van der Waals surface area contributed by atoms with E-state index in [-0.39, 0.29) is 0 Å². The fourth-order valence-corrected chi connectivity index (χ4v) is 2.46. The van der Waals surface area contributed by atoms with Crippen LogP contribution in [0.15, 0.2) is 127 Å². The monoisotopic (exact) mass is 660 g/mol. The maximum atomic E-state index is 3.83. The summed E-state index contributed by atoms with van der Waals surface area (Å²) in [5, 5.41) is 36.4. The molecule has 0 saturated heterocycles. The number of hydrogen-bond donors (Lipinski definition) is 0. The van der Waals surface area contributed by atoms with Crippen LogP contribution >= 0.6 is 0 Å². The van der Waals surface area contributed by atoms with Gasteiger partial charge in [0, 0.05) is 92.7 Å². The van der Waals surface area contributed by atoms with E-state index in [1.807, 2.05) is 101 Å². The molecule has 0 saturated carbocycles. The third-order valence-corrected chi connectivity index (χ3v) is 4.75. The average Bonchev–Trinajstić information content (AvgIpc) is 3.87. The maximum absolute atomic E-state index is 3.83. The van der Waals surface area contributed by atoms with Gasteiger partial charge in [0.05, 0.1) is 24.9 Å². The Kier molecular flexibility index (Phi) is 21.3. The van der Waals surface area contributed by atoms with Crippen LogP contribution in [0.5, 0.6) is 0 Å². The molecule has 0 fully saturated rings. The van der Waals surface area contributed by atoms with Crippen LogP contribution in [0.4, 0.5) is 0 Å². The summed E-state index contributed by atoms with van der Waals surface area (Å²) in [6, 6.07) is 5.89. The number of nitrogens with zero attached hydrogens (tertiary/aromatic N) is 20. The van der Waals surface area contributed by atoms with Gasteiger partial charge in [0.15, 0.2) is 6.67 Å². The lowest BCUT2D eigenvalue weighted by atomic mass is 10.7. The van der Waals surface area contributed by atoms with E-state index >= 15 is 0 Å². The summed E-state index contributed by atoms with van der Waals surface area (Å²) in [4.78, 5) is 12.8. The van der Waals surface area contributed by atoms with E-state index in [9.17, 15) is 0 Å². The number of aromatic nitrogens is 17. The van der Waals surface area contributed by atoms with Crippen molar-refractivity contribution >= 4 is 5.84 Å². The van der Waals surface area contributed by atoms with Crippen LogP contribution in [0.3, 0.4) is 0 Å². The summed E-state index contributed by atoms with van der Waals surface area (Å²) >= 11 is 0. The van der Waals surface area contributed by atoms with E-state index in [0.717, 1.165) is 5.84 Å². The van der Waals surface area contributed by atoms with Crippen molar-refractivity contribution in [1.82, 2.24) is 83.4 Å². The Bertz CT molecular complexity index is 1310. The minimum atomic E-state index is 0.534. The first-order chi connectivity index (χ1) is 23.2. The van der Waals surface area contributed by atoms with Crippen molar-refractivity contribution in [3.05, 3.63) is 112 Å². The molecule has 0 amide bonds. The predicted molar refractivity (Wildman–Crippen MR) is 179 cm³/mol. The van der Waals surface area contributed by atoms with E-state index in [0.29, 0.717) is 6.67 Å². The standard InChI is InChI=1S/C5H7N.2C4H6N2.5C3H5N3/c1-6-4-2-3-5-6;1-6-3-2-5-4-6;1-6-4-2-3-5-6;1-6-2-4-5-3-6;1-6-3-4-2-5-6;1-6-3-2-4-5-6;1-6-4-2-3-5-6;1-3-4-2-5-6-3/h2-5H,1H3;2*2-4H,1H3;4*2-3H,1H3;2H2,1H3. The van der Waals surface area contributed by atoms with E-state index in [1.165, 1.54) is 11.1 Å². The SMILES string of the molecule is CC1=NCN=N1.Cn1cccc1.Cn1cccn1.Cn1ccnc1.Cn1ccnn1.Cn1cncn1.Cn1cnnc1.Cn1nccn1. The Morgan fingerprint density at radius 2 is 1.23 bits per heavy atom. The molecule has 7 aromatic rings. The van der Waals surface area contributed by atoms with Crippen LogP contribution < -0.4 is 0 Å². The molecule has 0 unspecified atom stereocenters. The molecule has 0 bridgehead atoms. The Morgan fingerprint density at radius 3 is 1.40 bits per heavy atom. The van der Waals surface area contributed by atoms with Gasteiger partial charge in [-0.3, -0.25) is 14.0 Å². The van der Waals surface area contributed by atoms with Crippen molar-refractivity contribution in [3.8, 4) is 0 Å². The largest absolute Gasteiger partial charge is 0.357 e. The van der Waals surface area contributed by atoms with Gasteiger partial charge in [-0.25, -0.2) is 15.0 Å². The van der Waals surface area contributed by atoms with Crippen LogP contribution in [-0.4, -0.2) is 95.9 Å². The summed E-state index contributed by atoms with van der Waals surface area (Å²) < 4.78 is 10.7. The summed E-state index contributed by atoms with van der Waals surface area (Å²) in [6.07, 6.45) is 26.1. The molecule has 0 aliphatic carbocycles. The highest BCUT2D eigenvalue weighted by molar-refractivity contribution is 5.80. The van der Waals surface area contributed by atoms with Gasteiger partial charge in [-0.1, -0.05) is 5.21 Å². The molecule has 8 heterocycles. The van der Waals surface area contributed by atoms with Crippen LogP contribution in [0, 0.1) is 0 Å². The number of amidine groups is 1. The zero-order valence-electron chi connectivity index (χ0n) is 28.5. The average molecular weight is 661 g/mol. The maximum Gasteiger partial charge on any atom is 0.152 e. The zero-order valence-corrected chi connectivity index (χ0v) is 28.5. The molecule has 256 valence electrons. The van der Waals surface area contributed by atoms with Gasteiger partial charge in [0.25, 0.3) is 0 Å². The lowest BCUT2D eigenvalue weighted by Gasteiger charge is -1.79. The Labute approximate surface area is 279 Å². The highest BCUT2D eigenvalue weighted by atomic mass is 15.4. The molecule has 0 aromatic carbocycles. The lowest BCUT2D eigenvalue weighted by molar-refractivity contribution is 0.654. The third-order valence-electron chi connectivity index (χ3n) is 4.75. The molecule has 0 N–H and O–H groups in total. The van der Waals surface area contributed by atoms with Crippen LogP contribution in [0.1, 0.15) is 6.92 Å². The third kappa shape index (κ3) is 23.9. The Hall–Kier alpha value is -6.47. The smallest absolute Gasteiger partial charge is 0.152 e. The lowest BCUT2D eigenvalue weighted by Crippen LogP contribution is -1.89. The summed E-state index contributed by atoms with van der Waals surface area (Å²) in [6.45, 7) is 2.36. The first-order valence-electron chi connectivity index (χ1n) is 14.1. The van der Waals surface area contributed by atoms with Gasteiger partial charge in [-0.05, 0) is 25.1 Å². The van der Waals surface area contributed by atoms with Crippen molar-refractivity contribution in [2.45, 2.75) is 6.92 Å². The van der Waals surface area contributed by atoms with E-state index in [1.54, 1.807) is 88.2 Å². The molecular weight excluding hydrogens is 616 g/mol. The minimum absolute atomic E-state index is 0.534. The van der Waals surface area contributed by atoms with Gasteiger partial charge in [0.1, 0.15) is 31.1 Å². The van der Waals surface area contributed by atoms with Gasteiger partial charge in [-0.2, -0.15) is 30.3 Å². The quantitative estimate of drug-likeness (QED) is 0.231. The molecular formula is C28H44N20. The Morgan fingerprint density at radius 1 is 0.521 bits per heavy atom. The van der Waals surface area contributed by atoms with E-state index in [2.05, 4.69) is 66.1 Å². The highest BCUT2D eigenvalue weighted by Crippen LogP contribution is 1.90. The van der Waals surface area contributed by atoms with Gasteiger partial charge >= 0.3 is 0 Å². The van der Waals surface area contributed by atoms with Crippen LogP contribution in [0.25, 0.3) is 0 Å². The number of aryl methyl sites for hydroxylation is 7. The molecule has 20 nitrogen and oxygen atoms in total. The van der Waals surface area contributed by atoms with Crippen LogP contribution in [-0.2, 0) is 49.3 Å². The molecule has 20 heteroatoms. The molecule has 7 aromatic heterocycles. The van der Waals surface area contributed by atoms with Crippen molar-refractivity contribution in [1.29, 1.82) is 0 Å². The number of imidazole rings is 1. The molecule has 0 radical (unpaired) electrons. The first-order valence-corrected chi connectivity index (χ1v) is 14.1. The number of azo groups is 1. The second-order valence-electron chi connectivity index (χ2n) is 9.14. The molecule has 8 rings (SSSR count). The number of hydrogen-bond acceptors (Lipinski definition) is 13. The van der Waals surface area contributed by atoms with Crippen molar-refractivity contribution < 1.29 is 0 Å². The zero-order chi connectivity index (χ0) is 35.2. The van der Waals surface area contributed by atoms with Crippen molar-refractivity contribution in [2.75, 3.05) is 6.67 Å². The molecule has 48 heavy (non-hydrogen) atoms. The fraction of sp³-hybridized carbons (Fsp3) is 0.321. The second-order valence-corrected chi connectivity index (χ2v) is 9.14. The number of aliphatic imine (C=N–C) groups is 1. The van der Waals surface area contributed by atoms with Gasteiger partial charge < -0.3 is 13.7 Å². The molecule has 0 atom stereocenters. The predicted octanol–water partition coefficient (Wildman–Crippen LogP) is 1.95. The van der Waals surface area contributed by atoms with Crippen molar-refractivity contribution in [2.24, 2.45) is 64.6 Å². The minimum Gasteiger partial charge on any atom is -0.357 e. The summed E-state index contributed by atoms with van der Waals surface area (Å²) in [5.74, 6) is 0.787. The van der Waals surface area contributed by atoms with Crippen molar-refractivity contribution in [3.63, 3.8) is 0 Å². The van der Waals surface area contributed by atoms with E-state index in [4.69, 9.17) is 0 Å². The topological polar surface area (TPSA) is 200 Å². The first kappa shape index (κ1) is 39.6. The molecule has 0 spiro atoms. The Balaban J connectivity index is 0.000000274.